The number of fused-ring (bicyclic) bond motifs is 6. The molecule has 1 aromatic carbocycles. The number of carbonyl (C=O) groups excluding carboxylic acids is 1. The van der Waals surface area contributed by atoms with E-state index in [0.29, 0.717) is 23.9 Å². The molecule has 24 heavy (non-hydrogen) atoms. The summed E-state index contributed by atoms with van der Waals surface area (Å²) in [6.07, 6.45) is 4.51. The van der Waals surface area contributed by atoms with E-state index in [2.05, 4.69) is 61.7 Å². The number of aldehydes is 1. The molecule has 1 saturated heterocycles. The van der Waals surface area contributed by atoms with E-state index in [0.717, 1.165) is 19.3 Å². The summed E-state index contributed by atoms with van der Waals surface area (Å²) in [6, 6.07) is 9.51. The van der Waals surface area contributed by atoms with Crippen LogP contribution in [0.4, 0.5) is 0 Å². The van der Waals surface area contributed by atoms with Gasteiger partial charge in [-0.2, -0.15) is 0 Å². The molecule has 0 unspecified atom stereocenters. The molecule has 3 nitrogen and oxygen atoms in total. The van der Waals surface area contributed by atoms with Crippen molar-refractivity contribution in [3.63, 3.8) is 0 Å². The van der Waals surface area contributed by atoms with Gasteiger partial charge < -0.3 is 9.36 Å². The zero-order valence-electron chi connectivity index (χ0n) is 15.2. The normalized spacial score (nSPS) is 31.0. The van der Waals surface area contributed by atoms with Crippen molar-refractivity contribution in [2.24, 2.45) is 24.8 Å². The van der Waals surface area contributed by atoms with Crippen LogP contribution in [0.5, 0.6) is 0 Å². The Morgan fingerprint density at radius 2 is 2.04 bits per heavy atom. The Kier molecular flexibility index (Phi) is 3.80. The van der Waals surface area contributed by atoms with Gasteiger partial charge in [0, 0.05) is 35.6 Å². The number of para-hydroxylation sites is 1. The second-order valence-corrected chi connectivity index (χ2v) is 7.89. The third-order valence-electron chi connectivity index (χ3n) is 6.97. The van der Waals surface area contributed by atoms with Crippen molar-refractivity contribution in [3.05, 3.63) is 35.5 Å². The smallest absolute Gasteiger partial charge is 0.124 e. The lowest BCUT2D eigenvalue weighted by atomic mass is 9.66. The van der Waals surface area contributed by atoms with E-state index in [1.54, 1.807) is 0 Å². The first-order chi connectivity index (χ1) is 11.6. The molecule has 1 aromatic heterocycles. The number of aryl methyl sites for hydroxylation is 1. The summed E-state index contributed by atoms with van der Waals surface area (Å²) in [7, 11) is 4.43. The SMILES string of the molecule is CC[C@H](C)[C@@H]1C[C@H]2c3c(c4ccccc4n3C)C[C@@H]([C@@H]1C=O)N2C. The predicted octanol–water partition coefficient (Wildman–Crippen LogP) is 3.96. The molecule has 2 aliphatic rings. The van der Waals surface area contributed by atoms with E-state index in [-0.39, 0.29) is 5.92 Å². The molecule has 0 radical (unpaired) electrons. The highest BCUT2D eigenvalue weighted by Gasteiger charge is 2.48. The maximum Gasteiger partial charge on any atom is 0.124 e. The molecular formula is C21H28N2O. The van der Waals surface area contributed by atoms with E-state index in [1.165, 1.54) is 28.4 Å². The van der Waals surface area contributed by atoms with Crippen LogP contribution in [0, 0.1) is 17.8 Å². The lowest BCUT2D eigenvalue weighted by Gasteiger charge is -2.51. The number of likely N-dealkylation sites (N-methyl/N-ethyl adjacent to an activating group) is 1. The van der Waals surface area contributed by atoms with Gasteiger partial charge in [0.05, 0.1) is 6.04 Å². The highest BCUT2D eigenvalue weighted by atomic mass is 16.1. The largest absolute Gasteiger partial charge is 0.346 e. The Morgan fingerprint density at radius 1 is 1.29 bits per heavy atom. The van der Waals surface area contributed by atoms with Gasteiger partial charge in [-0.05, 0) is 43.4 Å². The zero-order chi connectivity index (χ0) is 17.0. The quantitative estimate of drug-likeness (QED) is 0.799. The van der Waals surface area contributed by atoms with Crippen molar-refractivity contribution in [2.75, 3.05) is 7.05 Å². The number of benzene rings is 1. The highest BCUT2D eigenvalue weighted by molar-refractivity contribution is 5.86. The summed E-state index contributed by atoms with van der Waals surface area (Å²) in [5.41, 5.74) is 4.29. The second-order valence-electron chi connectivity index (χ2n) is 7.89. The monoisotopic (exact) mass is 324 g/mol. The van der Waals surface area contributed by atoms with Crippen molar-refractivity contribution in [2.45, 2.75) is 45.2 Å². The number of hydrogen-bond donors (Lipinski definition) is 0. The number of piperidine rings is 1. The Bertz CT molecular complexity index is 777. The van der Waals surface area contributed by atoms with Crippen LogP contribution in [0.2, 0.25) is 0 Å². The zero-order valence-corrected chi connectivity index (χ0v) is 15.2. The molecule has 128 valence electrons. The number of carbonyl (C=O) groups is 1. The molecule has 2 bridgehead atoms. The fraction of sp³-hybridized carbons (Fsp3) is 0.571. The Morgan fingerprint density at radius 3 is 2.75 bits per heavy atom. The minimum Gasteiger partial charge on any atom is -0.346 e. The number of rotatable bonds is 3. The fourth-order valence-corrected chi connectivity index (χ4v) is 5.40. The molecule has 0 amide bonds. The number of aromatic nitrogens is 1. The van der Waals surface area contributed by atoms with Crippen LogP contribution in [0.15, 0.2) is 24.3 Å². The molecule has 2 aromatic rings. The lowest BCUT2D eigenvalue weighted by Crippen LogP contribution is -2.54. The van der Waals surface area contributed by atoms with Crippen LogP contribution in [0.3, 0.4) is 0 Å². The van der Waals surface area contributed by atoms with Gasteiger partial charge in [0.2, 0.25) is 0 Å². The van der Waals surface area contributed by atoms with E-state index in [4.69, 9.17) is 0 Å². The summed E-state index contributed by atoms with van der Waals surface area (Å²) in [6.45, 7) is 4.58. The summed E-state index contributed by atoms with van der Waals surface area (Å²) >= 11 is 0. The second kappa shape index (κ2) is 5.73. The third kappa shape index (κ3) is 2.03. The average Bonchev–Trinajstić information content (AvgIpc) is 2.87. The maximum absolute atomic E-state index is 12.0. The lowest BCUT2D eigenvalue weighted by molar-refractivity contribution is -0.120. The maximum atomic E-state index is 12.0. The first-order valence-corrected chi connectivity index (χ1v) is 9.31. The molecule has 0 spiro atoms. The highest BCUT2D eigenvalue weighted by Crippen LogP contribution is 2.49. The molecule has 3 heterocycles. The van der Waals surface area contributed by atoms with E-state index >= 15 is 0 Å². The van der Waals surface area contributed by atoms with Gasteiger partial charge in [0.15, 0.2) is 0 Å². The van der Waals surface area contributed by atoms with Gasteiger partial charge in [-0.3, -0.25) is 4.90 Å². The molecule has 5 atom stereocenters. The number of nitrogens with zero attached hydrogens (tertiary/aromatic N) is 2. The minimum absolute atomic E-state index is 0.160. The van der Waals surface area contributed by atoms with Crippen molar-refractivity contribution in [1.29, 1.82) is 0 Å². The Labute approximate surface area is 144 Å². The van der Waals surface area contributed by atoms with E-state index in [9.17, 15) is 4.79 Å². The first-order valence-electron chi connectivity index (χ1n) is 9.31. The molecule has 4 rings (SSSR count). The van der Waals surface area contributed by atoms with Gasteiger partial charge in [-0.15, -0.1) is 0 Å². The third-order valence-corrected chi connectivity index (χ3v) is 6.97. The summed E-state index contributed by atoms with van der Waals surface area (Å²) < 4.78 is 2.40. The fourth-order valence-electron chi connectivity index (χ4n) is 5.40. The summed E-state index contributed by atoms with van der Waals surface area (Å²) in [4.78, 5) is 14.5. The molecule has 0 saturated carbocycles. The molecule has 0 aliphatic carbocycles. The van der Waals surface area contributed by atoms with Crippen LogP contribution in [0.1, 0.15) is 44.0 Å². The standard InChI is InChI=1S/C21H28N2O/c1-5-13(2)15-10-20-21-16(11-19(22(20)3)17(15)12-24)14-8-6-7-9-18(14)23(21)4/h6-9,12-13,15,17,19-20H,5,10-11H2,1-4H3/t13-,15-,17+,19-,20-/m0/s1. The van der Waals surface area contributed by atoms with Crippen molar-refractivity contribution in [3.8, 4) is 0 Å². The van der Waals surface area contributed by atoms with Crippen LogP contribution < -0.4 is 0 Å². The number of hydrogen-bond acceptors (Lipinski definition) is 2. The van der Waals surface area contributed by atoms with Gasteiger partial charge >= 0.3 is 0 Å². The van der Waals surface area contributed by atoms with Crippen molar-refractivity contribution < 1.29 is 4.79 Å². The van der Waals surface area contributed by atoms with Gasteiger partial charge in [0.25, 0.3) is 0 Å². The van der Waals surface area contributed by atoms with Crippen LogP contribution in [-0.4, -0.2) is 28.8 Å². The molecule has 2 aliphatic heterocycles. The van der Waals surface area contributed by atoms with E-state index in [1.807, 2.05) is 0 Å². The van der Waals surface area contributed by atoms with Gasteiger partial charge in [-0.25, -0.2) is 0 Å². The topological polar surface area (TPSA) is 25.2 Å². The summed E-state index contributed by atoms with van der Waals surface area (Å²) in [5, 5.41) is 1.38. The Hall–Kier alpha value is -1.61. The minimum atomic E-state index is 0.160. The van der Waals surface area contributed by atoms with Crippen LogP contribution >= 0.6 is 0 Å². The first kappa shape index (κ1) is 15.9. The van der Waals surface area contributed by atoms with Gasteiger partial charge in [-0.1, -0.05) is 38.5 Å². The molecule has 3 heteroatoms. The van der Waals surface area contributed by atoms with Gasteiger partial charge in [0.1, 0.15) is 6.29 Å². The van der Waals surface area contributed by atoms with Crippen molar-refractivity contribution >= 4 is 17.2 Å². The molecular weight excluding hydrogens is 296 g/mol. The summed E-state index contributed by atoms with van der Waals surface area (Å²) in [5.74, 6) is 1.27. The van der Waals surface area contributed by atoms with E-state index < -0.39 is 0 Å². The predicted molar refractivity (Wildman–Crippen MR) is 98.0 cm³/mol. The Balaban J connectivity index is 1.88. The van der Waals surface area contributed by atoms with Crippen LogP contribution in [0.25, 0.3) is 10.9 Å². The van der Waals surface area contributed by atoms with Crippen molar-refractivity contribution in [1.82, 2.24) is 9.47 Å². The molecule has 0 N–H and O–H groups in total. The average molecular weight is 324 g/mol. The molecule has 1 fully saturated rings. The van der Waals surface area contributed by atoms with Crippen LogP contribution in [-0.2, 0) is 18.3 Å².